The molecular weight excluding hydrogens is 397 g/mol. The van der Waals surface area contributed by atoms with Crippen molar-refractivity contribution in [3.8, 4) is 0 Å². The predicted molar refractivity (Wildman–Crippen MR) is 93.1 cm³/mol. The highest BCUT2D eigenvalue weighted by Crippen LogP contribution is 2.28. The molecule has 2 aromatic carbocycles. The second-order valence-corrected chi connectivity index (χ2v) is 6.82. The van der Waals surface area contributed by atoms with Crippen LogP contribution in [-0.4, -0.2) is 6.54 Å². The number of hydrogen-bond acceptors (Lipinski definition) is 1. The quantitative estimate of drug-likeness (QED) is 0.675. The van der Waals surface area contributed by atoms with Crippen molar-refractivity contribution in [2.45, 2.75) is 26.3 Å². The first kappa shape index (κ1) is 16.7. The van der Waals surface area contributed by atoms with Gasteiger partial charge in [-0.25, -0.2) is 4.39 Å². The first-order valence-corrected chi connectivity index (χ1v) is 8.53. The number of halogens is 3. The van der Waals surface area contributed by atoms with Crippen molar-refractivity contribution < 1.29 is 4.39 Å². The van der Waals surface area contributed by atoms with Gasteiger partial charge in [0.25, 0.3) is 0 Å². The summed E-state index contributed by atoms with van der Waals surface area (Å²) in [4.78, 5) is 0. The molecule has 0 aliphatic carbocycles. The van der Waals surface area contributed by atoms with E-state index < -0.39 is 0 Å². The summed E-state index contributed by atoms with van der Waals surface area (Å²) in [5.41, 5.74) is 3.62. The molecule has 2 rings (SSSR count). The summed E-state index contributed by atoms with van der Waals surface area (Å²) in [6, 6.07) is 11.4. The van der Waals surface area contributed by atoms with Crippen LogP contribution < -0.4 is 5.32 Å². The normalized spacial score (nSPS) is 12.4. The molecule has 4 heteroatoms. The van der Waals surface area contributed by atoms with Crippen LogP contribution in [0.15, 0.2) is 45.3 Å². The second-order valence-electron chi connectivity index (χ2n) is 5.05. The number of likely N-dealkylation sites (N-methyl/N-ethyl adjacent to an activating group) is 1. The standard InChI is InChI=1S/C17H18Br2FN/c1-3-21-17(15-9-13(18)6-4-11(15)2)8-12-5-7-14(20)10-16(12)19/h4-7,9-10,17,21H,3,8H2,1-2H3. The molecule has 1 nitrogen and oxygen atoms in total. The number of hydrogen-bond donors (Lipinski definition) is 1. The van der Waals surface area contributed by atoms with Gasteiger partial charge in [0.1, 0.15) is 5.82 Å². The summed E-state index contributed by atoms with van der Waals surface area (Å²) in [7, 11) is 0. The van der Waals surface area contributed by atoms with Gasteiger partial charge in [0.2, 0.25) is 0 Å². The first-order valence-electron chi connectivity index (χ1n) is 6.94. The topological polar surface area (TPSA) is 12.0 Å². The van der Waals surface area contributed by atoms with E-state index in [1.807, 2.05) is 6.07 Å². The van der Waals surface area contributed by atoms with E-state index in [9.17, 15) is 4.39 Å². The maximum atomic E-state index is 13.2. The minimum absolute atomic E-state index is 0.203. The molecule has 0 amide bonds. The maximum Gasteiger partial charge on any atom is 0.124 e. The molecule has 0 aliphatic heterocycles. The molecule has 0 bridgehead atoms. The van der Waals surface area contributed by atoms with Gasteiger partial charge in [-0.3, -0.25) is 0 Å². The third kappa shape index (κ3) is 4.38. The molecule has 1 N–H and O–H groups in total. The molecule has 1 atom stereocenters. The van der Waals surface area contributed by atoms with Crippen molar-refractivity contribution in [3.63, 3.8) is 0 Å². The monoisotopic (exact) mass is 413 g/mol. The first-order chi connectivity index (χ1) is 10.0. The van der Waals surface area contributed by atoms with Crippen molar-refractivity contribution in [1.29, 1.82) is 0 Å². The molecule has 0 radical (unpaired) electrons. The molecular formula is C17H18Br2FN. The smallest absolute Gasteiger partial charge is 0.124 e. The highest BCUT2D eigenvalue weighted by Gasteiger charge is 2.15. The molecule has 0 spiro atoms. The molecule has 0 aromatic heterocycles. The maximum absolute atomic E-state index is 13.2. The highest BCUT2D eigenvalue weighted by atomic mass is 79.9. The van der Waals surface area contributed by atoms with Crippen LogP contribution in [-0.2, 0) is 6.42 Å². The van der Waals surface area contributed by atoms with Crippen molar-refractivity contribution in [2.75, 3.05) is 6.54 Å². The van der Waals surface area contributed by atoms with Crippen molar-refractivity contribution in [3.05, 3.63) is 67.9 Å². The number of rotatable bonds is 5. The van der Waals surface area contributed by atoms with Gasteiger partial charge >= 0.3 is 0 Å². The molecule has 0 heterocycles. The van der Waals surface area contributed by atoms with Gasteiger partial charge in [0, 0.05) is 15.0 Å². The molecule has 0 saturated carbocycles. The third-order valence-corrected chi connectivity index (χ3v) is 4.74. The Kier molecular flexibility index (Phi) is 5.97. The number of benzene rings is 2. The van der Waals surface area contributed by atoms with E-state index in [1.54, 1.807) is 0 Å². The van der Waals surface area contributed by atoms with Crippen molar-refractivity contribution in [2.24, 2.45) is 0 Å². The van der Waals surface area contributed by atoms with Gasteiger partial charge in [-0.05, 0) is 60.8 Å². The minimum Gasteiger partial charge on any atom is -0.310 e. The van der Waals surface area contributed by atoms with Gasteiger partial charge in [-0.15, -0.1) is 0 Å². The van der Waals surface area contributed by atoms with E-state index in [0.29, 0.717) is 0 Å². The van der Waals surface area contributed by atoms with E-state index >= 15 is 0 Å². The van der Waals surface area contributed by atoms with Gasteiger partial charge in [0.05, 0.1) is 0 Å². The molecule has 1 unspecified atom stereocenters. The van der Waals surface area contributed by atoms with E-state index in [1.165, 1.54) is 23.3 Å². The lowest BCUT2D eigenvalue weighted by atomic mass is 9.95. The van der Waals surface area contributed by atoms with Crippen LogP contribution in [0.25, 0.3) is 0 Å². The summed E-state index contributed by atoms with van der Waals surface area (Å²) in [6.45, 7) is 5.10. The van der Waals surface area contributed by atoms with Crippen LogP contribution in [0.5, 0.6) is 0 Å². The summed E-state index contributed by atoms with van der Waals surface area (Å²) in [6.07, 6.45) is 0.812. The van der Waals surface area contributed by atoms with Crippen LogP contribution in [0.2, 0.25) is 0 Å². The van der Waals surface area contributed by atoms with E-state index in [-0.39, 0.29) is 11.9 Å². The minimum atomic E-state index is -0.218. The van der Waals surface area contributed by atoms with E-state index in [2.05, 4.69) is 69.2 Å². The average Bonchev–Trinajstić information content (AvgIpc) is 2.44. The van der Waals surface area contributed by atoms with Crippen molar-refractivity contribution >= 4 is 31.9 Å². The van der Waals surface area contributed by atoms with Gasteiger partial charge in [-0.1, -0.05) is 50.9 Å². The molecule has 0 fully saturated rings. The Hall–Kier alpha value is -0.710. The molecule has 2 aromatic rings. The third-order valence-electron chi connectivity index (χ3n) is 3.51. The van der Waals surface area contributed by atoms with Crippen LogP contribution in [0.4, 0.5) is 4.39 Å². The zero-order valence-electron chi connectivity index (χ0n) is 12.1. The van der Waals surface area contributed by atoms with Gasteiger partial charge in [0.15, 0.2) is 0 Å². The second kappa shape index (κ2) is 7.52. The van der Waals surface area contributed by atoms with Crippen LogP contribution in [0, 0.1) is 12.7 Å². The lowest BCUT2D eigenvalue weighted by Gasteiger charge is -2.21. The van der Waals surface area contributed by atoms with Crippen LogP contribution in [0.1, 0.15) is 29.7 Å². The number of aryl methyl sites for hydroxylation is 1. The fourth-order valence-corrected chi connectivity index (χ4v) is 3.32. The molecule has 0 aliphatic rings. The van der Waals surface area contributed by atoms with Crippen LogP contribution in [0.3, 0.4) is 0 Å². The average molecular weight is 415 g/mol. The number of nitrogens with one attached hydrogen (secondary N) is 1. The van der Waals surface area contributed by atoms with Gasteiger partial charge in [-0.2, -0.15) is 0 Å². The Morgan fingerprint density at radius 3 is 2.57 bits per heavy atom. The zero-order valence-corrected chi connectivity index (χ0v) is 15.3. The predicted octanol–water partition coefficient (Wildman–Crippen LogP) is 5.55. The Bertz CT molecular complexity index is 628. The van der Waals surface area contributed by atoms with Crippen molar-refractivity contribution in [1.82, 2.24) is 5.32 Å². The Morgan fingerprint density at radius 1 is 1.14 bits per heavy atom. The molecule has 0 saturated heterocycles. The summed E-state index contributed by atoms with van der Waals surface area (Å²) < 4.78 is 15.1. The Balaban J connectivity index is 2.32. The highest BCUT2D eigenvalue weighted by molar-refractivity contribution is 9.10. The zero-order chi connectivity index (χ0) is 15.4. The Morgan fingerprint density at radius 2 is 1.90 bits per heavy atom. The van der Waals surface area contributed by atoms with Gasteiger partial charge < -0.3 is 5.32 Å². The summed E-state index contributed by atoms with van der Waals surface area (Å²) in [5.74, 6) is -0.218. The fraction of sp³-hybridized carbons (Fsp3) is 0.294. The molecule has 21 heavy (non-hydrogen) atoms. The lowest BCUT2D eigenvalue weighted by Crippen LogP contribution is -2.24. The summed E-state index contributed by atoms with van der Waals surface area (Å²) in [5, 5.41) is 3.52. The fourth-order valence-electron chi connectivity index (χ4n) is 2.43. The lowest BCUT2D eigenvalue weighted by molar-refractivity contribution is 0.545. The summed E-state index contributed by atoms with van der Waals surface area (Å²) >= 11 is 6.99. The van der Waals surface area contributed by atoms with Crippen LogP contribution >= 0.6 is 31.9 Å². The molecule has 112 valence electrons. The SMILES string of the molecule is CCNC(Cc1ccc(F)cc1Br)c1cc(Br)ccc1C. The van der Waals surface area contributed by atoms with E-state index in [4.69, 9.17) is 0 Å². The van der Waals surface area contributed by atoms with E-state index in [0.717, 1.165) is 27.5 Å². The Labute approximate surface area is 142 Å². The largest absolute Gasteiger partial charge is 0.310 e.